The molecule has 1 rings (SSSR count). The van der Waals surface area contributed by atoms with E-state index in [0.29, 0.717) is 18.4 Å². The summed E-state index contributed by atoms with van der Waals surface area (Å²) in [5.41, 5.74) is 1.70. The van der Waals surface area contributed by atoms with Gasteiger partial charge in [0, 0.05) is 10.9 Å². The van der Waals surface area contributed by atoms with Crippen molar-refractivity contribution in [2.24, 2.45) is 0 Å². The van der Waals surface area contributed by atoms with Crippen LogP contribution in [-0.4, -0.2) is 6.29 Å². The van der Waals surface area contributed by atoms with Gasteiger partial charge < -0.3 is 4.79 Å². The highest BCUT2D eigenvalue weighted by molar-refractivity contribution is 9.10. The van der Waals surface area contributed by atoms with Crippen molar-refractivity contribution in [3.8, 4) is 0 Å². The largest absolute Gasteiger partial charge is 0.303 e. The molecule has 0 spiro atoms. The molecule has 0 amide bonds. The Balaban J connectivity index is 2.78. The number of aldehydes is 1. The second kappa shape index (κ2) is 5.12. The third-order valence-electron chi connectivity index (χ3n) is 1.80. The number of halogens is 2. The van der Waals surface area contributed by atoms with Crippen LogP contribution >= 0.6 is 15.9 Å². The number of hydrogen-bond acceptors (Lipinski definition) is 1. The summed E-state index contributed by atoms with van der Waals surface area (Å²) in [4.78, 5) is 10.1. The van der Waals surface area contributed by atoms with Gasteiger partial charge in [-0.3, -0.25) is 0 Å². The minimum absolute atomic E-state index is 0.452. The first-order chi connectivity index (χ1) is 6.27. The lowest BCUT2D eigenvalue weighted by Crippen LogP contribution is -1.89. The highest BCUT2D eigenvalue weighted by Crippen LogP contribution is 2.20. The van der Waals surface area contributed by atoms with Crippen molar-refractivity contribution in [2.45, 2.75) is 19.5 Å². The lowest BCUT2D eigenvalue weighted by atomic mass is 10.1. The van der Waals surface area contributed by atoms with Gasteiger partial charge in [-0.05, 0) is 23.6 Å². The maximum atomic E-state index is 12.2. The molecule has 0 saturated heterocycles. The van der Waals surface area contributed by atoms with Gasteiger partial charge in [0.05, 0.1) is 0 Å². The molecule has 0 aliphatic heterocycles. The predicted octanol–water partition coefficient (Wildman–Crippen LogP) is 3.05. The van der Waals surface area contributed by atoms with Crippen LogP contribution in [-0.2, 0) is 17.9 Å². The summed E-state index contributed by atoms with van der Waals surface area (Å²) < 4.78 is 13.1. The normalized spacial score (nSPS) is 10.0. The monoisotopic (exact) mass is 244 g/mol. The molecule has 3 heteroatoms. The molecule has 0 aliphatic rings. The maximum absolute atomic E-state index is 12.2. The van der Waals surface area contributed by atoms with E-state index in [9.17, 15) is 9.18 Å². The standard InChI is InChI=1S/C10H10BrFO/c11-10-6-8(7-12)3-4-9(10)2-1-5-13/h3-6H,1-2,7H2. The number of hydrogen-bond donors (Lipinski definition) is 0. The van der Waals surface area contributed by atoms with Gasteiger partial charge in [0.25, 0.3) is 0 Å². The summed E-state index contributed by atoms with van der Waals surface area (Å²) >= 11 is 3.34. The predicted molar refractivity (Wildman–Crippen MR) is 53.3 cm³/mol. The molecule has 1 nitrogen and oxygen atoms in total. The molecule has 0 bridgehead atoms. The van der Waals surface area contributed by atoms with E-state index in [4.69, 9.17) is 0 Å². The zero-order valence-corrected chi connectivity index (χ0v) is 8.68. The molecule has 1 aromatic carbocycles. The van der Waals surface area contributed by atoms with Crippen molar-refractivity contribution < 1.29 is 9.18 Å². The molecule has 0 saturated carbocycles. The molecule has 70 valence electrons. The third kappa shape index (κ3) is 2.92. The summed E-state index contributed by atoms with van der Waals surface area (Å²) in [7, 11) is 0. The van der Waals surface area contributed by atoms with Gasteiger partial charge >= 0.3 is 0 Å². The Bertz CT molecular complexity index is 299. The molecule has 0 aromatic heterocycles. The van der Waals surface area contributed by atoms with E-state index < -0.39 is 6.67 Å². The van der Waals surface area contributed by atoms with Crippen molar-refractivity contribution in [1.29, 1.82) is 0 Å². The Labute approximate surface area is 85.1 Å². The molecule has 0 fully saturated rings. The first-order valence-corrected chi connectivity index (χ1v) is 4.84. The van der Waals surface area contributed by atoms with E-state index in [1.54, 1.807) is 12.1 Å². The number of alkyl halides is 1. The van der Waals surface area contributed by atoms with Crippen LogP contribution in [0.5, 0.6) is 0 Å². The minimum Gasteiger partial charge on any atom is -0.303 e. The highest BCUT2D eigenvalue weighted by Gasteiger charge is 2.00. The van der Waals surface area contributed by atoms with Gasteiger partial charge in [-0.15, -0.1) is 0 Å². The second-order valence-electron chi connectivity index (χ2n) is 2.76. The summed E-state index contributed by atoms with van der Waals surface area (Å²) in [6.45, 7) is -0.452. The topological polar surface area (TPSA) is 17.1 Å². The second-order valence-corrected chi connectivity index (χ2v) is 3.62. The van der Waals surface area contributed by atoms with E-state index in [2.05, 4.69) is 15.9 Å². The number of carbonyl (C=O) groups is 1. The Morgan fingerprint density at radius 3 is 2.77 bits per heavy atom. The van der Waals surface area contributed by atoms with Crippen molar-refractivity contribution in [1.82, 2.24) is 0 Å². The number of rotatable bonds is 4. The van der Waals surface area contributed by atoms with E-state index in [1.165, 1.54) is 0 Å². The molecular formula is C10H10BrFO. The van der Waals surface area contributed by atoms with Crippen molar-refractivity contribution in [3.05, 3.63) is 33.8 Å². The van der Waals surface area contributed by atoms with Gasteiger partial charge in [-0.25, -0.2) is 4.39 Å². The van der Waals surface area contributed by atoms with Crippen LogP contribution in [0.1, 0.15) is 17.5 Å². The average molecular weight is 245 g/mol. The van der Waals surface area contributed by atoms with Crippen LogP contribution in [0.2, 0.25) is 0 Å². The Morgan fingerprint density at radius 1 is 1.46 bits per heavy atom. The van der Waals surface area contributed by atoms with Crippen molar-refractivity contribution >= 4 is 22.2 Å². The molecule has 13 heavy (non-hydrogen) atoms. The summed E-state index contributed by atoms with van der Waals surface area (Å²) in [5, 5.41) is 0. The molecule has 0 unspecified atom stereocenters. The molecule has 0 N–H and O–H groups in total. The first-order valence-electron chi connectivity index (χ1n) is 4.05. The fourth-order valence-electron chi connectivity index (χ4n) is 1.09. The zero-order valence-electron chi connectivity index (χ0n) is 7.09. The molecule has 0 aliphatic carbocycles. The number of carbonyl (C=O) groups excluding carboxylic acids is 1. The molecular weight excluding hydrogens is 235 g/mol. The average Bonchev–Trinajstić information content (AvgIpc) is 2.16. The zero-order chi connectivity index (χ0) is 9.68. The Morgan fingerprint density at radius 2 is 2.23 bits per heavy atom. The molecule has 0 radical (unpaired) electrons. The lowest BCUT2D eigenvalue weighted by molar-refractivity contribution is -0.107. The maximum Gasteiger partial charge on any atom is 0.120 e. The van der Waals surface area contributed by atoms with E-state index in [0.717, 1.165) is 16.3 Å². The first kappa shape index (κ1) is 10.4. The van der Waals surface area contributed by atoms with Gasteiger partial charge in [0.1, 0.15) is 13.0 Å². The van der Waals surface area contributed by atoms with Crippen molar-refractivity contribution in [2.75, 3.05) is 0 Å². The van der Waals surface area contributed by atoms with Gasteiger partial charge in [-0.1, -0.05) is 28.1 Å². The Hall–Kier alpha value is -0.700. The van der Waals surface area contributed by atoms with Crippen LogP contribution in [0.15, 0.2) is 22.7 Å². The Kier molecular flexibility index (Phi) is 4.09. The summed E-state index contributed by atoms with van der Waals surface area (Å²) in [6, 6.07) is 5.34. The van der Waals surface area contributed by atoms with Crippen LogP contribution in [0.3, 0.4) is 0 Å². The molecule has 1 aromatic rings. The number of benzene rings is 1. The number of aryl methyl sites for hydroxylation is 1. The van der Waals surface area contributed by atoms with Gasteiger partial charge in [0.15, 0.2) is 0 Å². The minimum atomic E-state index is -0.452. The van der Waals surface area contributed by atoms with Gasteiger partial charge in [-0.2, -0.15) is 0 Å². The van der Waals surface area contributed by atoms with Crippen LogP contribution in [0.25, 0.3) is 0 Å². The smallest absolute Gasteiger partial charge is 0.120 e. The fraction of sp³-hybridized carbons (Fsp3) is 0.300. The SMILES string of the molecule is O=CCCc1ccc(CF)cc1Br. The van der Waals surface area contributed by atoms with E-state index >= 15 is 0 Å². The van der Waals surface area contributed by atoms with E-state index in [1.807, 2.05) is 6.07 Å². The van der Waals surface area contributed by atoms with Crippen LogP contribution < -0.4 is 0 Å². The molecule has 0 heterocycles. The quantitative estimate of drug-likeness (QED) is 0.745. The lowest BCUT2D eigenvalue weighted by Gasteiger charge is -2.03. The fourth-order valence-corrected chi connectivity index (χ4v) is 1.72. The van der Waals surface area contributed by atoms with E-state index in [-0.39, 0.29) is 0 Å². The summed E-state index contributed by atoms with van der Waals surface area (Å²) in [5.74, 6) is 0. The van der Waals surface area contributed by atoms with Gasteiger partial charge in [0.2, 0.25) is 0 Å². The summed E-state index contributed by atoms with van der Waals surface area (Å²) in [6.07, 6.45) is 2.10. The third-order valence-corrected chi connectivity index (χ3v) is 2.54. The van der Waals surface area contributed by atoms with Crippen molar-refractivity contribution in [3.63, 3.8) is 0 Å². The highest BCUT2D eigenvalue weighted by atomic mass is 79.9. The van der Waals surface area contributed by atoms with Crippen LogP contribution in [0, 0.1) is 0 Å². The van der Waals surface area contributed by atoms with Crippen LogP contribution in [0.4, 0.5) is 4.39 Å². The molecule has 0 atom stereocenters.